The normalized spacial score (nSPS) is 29.5. The van der Waals surface area contributed by atoms with E-state index in [9.17, 15) is 9.90 Å². The van der Waals surface area contributed by atoms with Crippen molar-refractivity contribution in [1.29, 1.82) is 0 Å². The number of carbonyl (C=O) groups excluding carboxylic acids is 1. The number of aliphatic hydroxyl groups excluding tert-OH is 1. The van der Waals surface area contributed by atoms with Gasteiger partial charge in [0.1, 0.15) is 12.2 Å². The minimum absolute atomic E-state index is 0.330. The van der Waals surface area contributed by atoms with E-state index in [1.54, 1.807) is 33.8 Å². The Bertz CT molecular complexity index is 295. The molecule has 1 aliphatic heterocycles. The predicted octanol–water partition coefficient (Wildman–Crippen LogP) is 1.01. The van der Waals surface area contributed by atoms with Crippen LogP contribution in [0.5, 0.6) is 0 Å². The summed E-state index contributed by atoms with van der Waals surface area (Å²) in [5.41, 5.74) is 0. The lowest BCUT2D eigenvalue weighted by Gasteiger charge is -2.18. The van der Waals surface area contributed by atoms with Crippen molar-refractivity contribution in [2.45, 2.75) is 51.8 Å². The third-order valence-corrected chi connectivity index (χ3v) is 2.35. The van der Waals surface area contributed by atoms with E-state index >= 15 is 0 Å². The first kappa shape index (κ1) is 14.2. The Morgan fingerprint density at radius 1 is 1.53 bits per heavy atom. The summed E-state index contributed by atoms with van der Waals surface area (Å²) in [5, 5.41) is 9.57. The lowest BCUT2D eigenvalue weighted by molar-refractivity contribution is -0.152. The van der Waals surface area contributed by atoms with Crippen LogP contribution >= 0.6 is 0 Å². The Labute approximate surface area is 101 Å². The van der Waals surface area contributed by atoms with Crippen LogP contribution in [0.25, 0.3) is 0 Å². The van der Waals surface area contributed by atoms with Crippen molar-refractivity contribution < 1.29 is 24.1 Å². The number of aliphatic hydroxyl groups is 1. The van der Waals surface area contributed by atoms with Crippen LogP contribution in [0.1, 0.15) is 27.7 Å². The first-order valence-electron chi connectivity index (χ1n) is 5.74. The standard InChI is InChI=1S/C12H20O5/c1-5-15-10(14)7-6-9-11(8(2)13)17-12(3,4)16-9/h6-9,11,13H,5H2,1-4H3/b7-6+/t8-,9+,11-/m1/s1. The maximum absolute atomic E-state index is 11.2. The van der Waals surface area contributed by atoms with E-state index in [2.05, 4.69) is 0 Å². The van der Waals surface area contributed by atoms with Crippen molar-refractivity contribution >= 4 is 5.97 Å². The van der Waals surface area contributed by atoms with E-state index in [0.717, 1.165) is 0 Å². The second kappa shape index (κ2) is 5.62. The van der Waals surface area contributed by atoms with Crippen LogP contribution in [-0.2, 0) is 19.0 Å². The smallest absolute Gasteiger partial charge is 0.330 e. The Kier molecular flexibility index (Phi) is 4.68. The fourth-order valence-corrected chi connectivity index (χ4v) is 1.70. The highest BCUT2D eigenvalue weighted by Crippen LogP contribution is 2.30. The van der Waals surface area contributed by atoms with Gasteiger partial charge in [0, 0.05) is 6.08 Å². The summed E-state index contributed by atoms with van der Waals surface area (Å²) in [6.07, 6.45) is 1.26. The third-order valence-electron chi connectivity index (χ3n) is 2.35. The molecule has 5 heteroatoms. The molecule has 0 aliphatic carbocycles. The summed E-state index contributed by atoms with van der Waals surface area (Å²) in [4.78, 5) is 11.2. The first-order chi connectivity index (χ1) is 7.85. The Morgan fingerprint density at radius 2 is 2.18 bits per heavy atom. The molecule has 1 heterocycles. The highest BCUT2D eigenvalue weighted by molar-refractivity contribution is 5.81. The lowest BCUT2D eigenvalue weighted by Crippen LogP contribution is -2.32. The van der Waals surface area contributed by atoms with Gasteiger partial charge in [-0.05, 0) is 33.8 Å². The van der Waals surface area contributed by atoms with Gasteiger partial charge in [-0.25, -0.2) is 4.79 Å². The minimum Gasteiger partial charge on any atom is -0.463 e. The van der Waals surface area contributed by atoms with E-state index < -0.39 is 30.1 Å². The van der Waals surface area contributed by atoms with Gasteiger partial charge in [0.2, 0.25) is 0 Å². The van der Waals surface area contributed by atoms with Crippen LogP contribution in [0.4, 0.5) is 0 Å². The van der Waals surface area contributed by atoms with Gasteiger partial charge in [-0.3, -0.25) is 0 Å². The average Bonchev–Trinajstić information content (AvgIpc) is 2.51. The fraction of sp³-hybridized carbons (Fsp3) is 0.750. The predicted molar refractivity (Wildman–Crippen MR) is 61.3 cm³/mol. The van der Waals surface area contributed by atoms with Crippen LogP contribution in [0, 0.1) is 0 Å². The van der Waals surface area contributed by atoms with E-state index in [-0.39, 0.29) is 0 Å². The topological polar surface area (TPSA) is 65.0 Å². The lowest BCUT2D eigenvalue weighted by atomic mass is 10.1. The van der Waals surface area contributed by atoms with Gasteiger partial charge in [-0.15, -0.1) is 0 Å². The first-order valence-corrected chi connectivity index (χ1v) is 5.74. The van der Waals surface area contributed by atoms with Crippen LogP contribution in [-0.4, -0.2) is 41.8 Å². The molecule has 0 saturated carbocycles. The fourth-order valence-electron chi connectivity index (χ4n) is 1.70. The highest BCUT2D eigenvalue weighted by atomic mass is 16.8. The van der Waals surface area contributed by atoms with Crippen molar-refractivity contribution in [3.05, 3.63) is 12.2 Å². The van der Waals surface area contributed by atoms with Gasteiger partial charge in [0.05, 0.1) is 12.7 Å². The maximum Gasteiger partial charge on any atom is 0.330 e. The van der Waals surface area contributed by atoms with Crippen LogP contribution in [0.15, 0.2) is 12.2 Å². The van der Waals surface area contributed by atoms with Crippen molar-refractivity contribution in [1.82, 2.24) is 0 Å². The Morgan fingerprint density at radius 3 is 2.71 bits per heavy atom. The number of carbonyl (C=O) groups is 1. The molecule has 0 spiro atoms. The van der Waals surface area contributed by atoms with Gasteiger partial charge >= 0.3 is 5.97 Å². The zero-order valence-electron chi connectivity index (χ0n) is 10.7. The van der Waals surface area contributed by atoms with Crippen LogP contribution < -0.4 is 0 Å². The summed E-state index contributed by atoms with van der Waals surface area (Å²) < 4.78 is 15.9. The molecule has 3 atom stereocenters. The minimum atomic E-state index is -0.759. The molecular formula is C12H20O5. The molecule has 0 unspecified atom stereocenters. The van der Waals surface area contributed by atoms with E-state index in [4.69, 9.17) is 14.2 Å². The van der Waals surface area contributed by atoms with Crippen molar-refractivity contribution in [3.63, 3.8) is 0 Å². The zero-order valence-corrected chi connectivity index (χ0v) is 10.7. The number of hydrogen-bond donors (Lipinski definition) is 1. The monoisotopic (exact) mass is 244 g/mol. The van der Waals surface area contributed by atoms with Crippen LogP contribution in [0.2, 0.25) is 0 Å². The average molecular weight is 244 g/mol. The quantitative estimate of drug-likeness (QED) is 0.590. The summed E-state index contributed by atoms with van der Waals surface area (Å²) in [5.74, 6) is -1.18. The van der Waals surface area contributed by atoms with Gasteiger partial charge in [-0.1, -0.05) is 0 Å². The molecule has 0 aromatic rings. The Hall–Kier alpha value is -0.910. The molecule has 98 valence electrons. The van der Waals surface area contributed by atoms with Crippen molar-refractivity contribution in [2.24, 2.45) is 0 Å². The van der Waals surface area contributed by atoms with E-state index in [1.165, 1.54) is 6.08 Å². The van der Waals surface area contributed by atoms with Crippen molar-refractivity contribution in [2.75, 3.05) is 6.61 Å². The zero-order chi connectivity index (χ0) is 13.1. The molecule has 1 rings (SSSR count). The molecule has 1 N–H and O–H groups in total. The van der Waals surface area contributed by atoms with Gasteiger partial charge in [0.25, 0.3) is 0 Å². The molecule has 5 nitrogen and oxygen atoms in total. The molecule has 0 bridgehead atoms. The summed E-state index contributed by atoms with van der Waals surface area (Å²) in [7, 11) is 0. The second-order valence-corrected chi connectivity index (χ2v) is 4.42. The molecular weight excluding hydrogens is 224 g/mol. The van der Waals surface area contributed by atoms with E-state index in [1.807, 2.05) is 0 Å². The highest BCUT2D eigenvalue weighted by Gasteiger charge is 2.42. The third kappa shape index (κ3) is 4.11. The maximum atomic E-state index is 11.2. The van der Waals surface area contributed by atoms with Crippen molar-refractivity contribution in [3.8, 4) is 0 Å². The molecule has 0 aromatic heterocycles. The molecule has 0 aromatic carbocycles. The second-order valence-electron chi connectivity index (χ2n) is 4.42. The molecule has 17 heavy (non-hydrogen) atoms. The number of rotatable bonds is 4. The number of ether oxygens (including phenoxy) is 3. The SMILES string of the molecule is CCOC(=O)/C=C/[C@@H]1OC(C)(C)O[C@@H]1[C@@H](C)O. The summed E-state index contributed by atoms with van der Waals surface area (Å²) >= 11 is 0. The van der Waals surface area contributed by atoms with Gasteiger partial charge in [-0.2, -0.15) is 0 Å². The Balaban J connectivity index is 2.65. The van der Waals surface area contributed by atoms with Gasteiger partial charge in [0.15, 0.2) is 5.79 Å². The number of esters is 1. The molecule has 1 fully saturated rings. The summed E-state index contributed by atoms with van der Waals surface area (Å²) in [6.45, 7) is 7.22. The molecule has 1 aliphatic rings. The molecule has 0 amide bonds. The van der Waals surface area contributed by atoms with Gasteiger partial charge < -0.3 is 19.3 Å². The molecule has 1 saturated heterocycles. The molecule has 0 radical (unpaired) electrons. The number of hydrogen-bond acceptors (Lipinski definition) is 5. The summed E-state index contributed by atoms with van der Waals surface area (Å²) in [6, 6.07) is 0. The van der Waals surface area contributed by atoms with Crippen LogP contribution in [0.3, 0.4) is 0 Å². The largest absolute Gasteiger partial charge is 0.463 e. The van der Waals surface area contributed by atoms with E-state index in [0.29, 0.717) is 6.61 Å².